The minimum atomic E-state index is -4.62. The molecule has 0 spiro atoms. The van der Waals surface area contributed by atoms with Crippen molar-refractivity contribution in [3.8, 4) is 33.9 Å². The molecule has 0 saturated carbocycles. The lowest BCUT2D eigenvalue weighted by Gasteiger charge is -2.13. The van der Waals surface area contributed by atoms with Crippen LogP contribution in [0.4, 0.5) is 26.3 Å². The molecule has 3 heterocycles. The molecule has 5 aromatic rings. The number of para-hydroxylation sites is 1. The van der Waals surface area contributed by atoms with Gasteiger partial charge >= 0.3 is 12.4 Å². The molecule has 0 bridgehead atoms. The molecule has 0 unspecified atom stereocenters. The van der Waals surface area contributed by atoms with E-state index in [1.807, 2.05) is 24.3 Å². The van der Waals surface area contributed by atoms with Gasteiger partial charge in [0.25, 0.3) is 0 Å². The summed E-state index contributed by atoms with van der Waals surface area (Å²) in [4.78, 5) is 16.7. The van der Waals surface area contributed by atoms with Crippen LogP contribution in [-0.4, -0.2) is 19.9 Å². The summed E-state index contributed by atoms with van der Waals surface area (Å²) in [5, 5.41) is 0.871. The van der Waals surface area contributed by atoms with E-state index in [0.29, 0.717) is 16.8 Å². The Hall–Kier alpha value is -4.34. The topological polar surface area (TPSA) is 51.6 Å². The van der Waals surface area contributed by atoms with Gasteiger partial charge in [0.1, 0.15) is 5.69 Å². The van der Waals surface area contributed by atoms with Gasteiger partial charge in [-0.2, -0.15) is 26.3 Å². The minimum absolute atomic E-state index is 0.00757. The maximum Gasteiger partial charge on any atom is 0.433 e. The Balaban J connectivity index is 1.68. The molecule has 0 radical (unpaired) electrons. The van der Waals surface area contributed by atoms with Gasteiger partial charge in [-0.1, -0.05) is 36.4 Å². The Bertz CT molecular complexity index is 1560. The van der Waals surface area contributed by atoms with Crippen LogP contribution in [0.3, 0.4) is 0 Å². The number of nitrogens with zero attached hydrogens (tertiary/aromatic N) is 4. The second-order valence-electron chi connectivity index (χ2n) is 7.85. The van der Waals surface area contributed by atoms with E-state index in [9.17, 15) is 26.3 Å². The first-order valence-electron chi connectivity index (χ1n) is 10.5. The number of benzene rings is 2. The number of halogens is 6. The second kappa shape index (κ2) is 8.71. The number of hydrogen-bond donors (Lipinski definition) is 0. The molecule has 0 amide bonds. The second-order valence-corrected chi connectivity index (χ2v) is 7.85. The van der Waals surface area contributed by atoms with Crippen molar-refractivity contribution in [2.45, 2.75) is 12.4 Å². The van der Waals surface area contributed by atoms with Crippen molar-refractivity contribution in [1.29, 1.82) is 0 Å². The predicted octanol–water partition coefficient (Wildman–Crippen LogP) is 7.46. The molecule has 0 aliphatic carbocycles. The van der Waals surface area contributed by atoms with Crippen molar-refractivity contribution < 1.29 is 26.3 Å². The molecule has 0 aliphatic rings. The van der Waals surface area contributed by atoms with Crippen LogP contribution in [0.2, 0.25) is 0 Å². The molecule has 0 N–H and O–H groups in total. The molecule has 0 saturated heterocycles. The largest absolute Gasteiger partial charge is 0.433 e. The highest BCUT2D eigenvalue weighted by Crippen LogP contribution is 2.36. The van der Waals surface area contributed by atoms with Gasteiger partial charge < -0.3 is 0 Å². The van der Waals surface area contributed by atoms with E-state index in [1.54, 1.807) is 12.1 Å². The van der Waals surface area contributed by atoms with Crippen LogP contribution in [0, 0.1) is 0 Å². The lowest BCUT2D eigenvalue weighted by Crippen LogP contribution is -2.07. The van der Waals surface area contributed by atoms with Crippen molar-refractivity contribution in [1.82, 2.24) is 19.9 Å². The SMILES string of the molecule is FC(F)(F)c1cccc(-c2nc(-c3ccc(C(F)(F)F)nc3)ncc2-c2ccc3ccccc3n2)c1. The van der Waals surface area contributed by atoms with Gasteiger partial charge in [0.15, 0.2) is 5.82 Å². The molecule has 36 heavy (non-hydrogen) atoms. The fourth-order valence-corrected chi connectivity index (χ4v) is 3.68. The van der Waals surface area contributed by atoms with E-state index in [0.717, 1.165) is 35.8 Å². The van der Waals surface area contributed by atoms with E-state index < -0.39 is 23.6 Å². The Labute approximate surface area is 200 Å². The minimum Gasteiger partial charge on any atom is -0.251 e. The lowest BCUT2D eigenvalue weighted by molar-refractivity contribution is -0.141. The molecule has 2 aromatic carbocycles. The Kier molecular flexibility index (Phi) is 5.66. The number of hydrogen-bond acceptors (Lipinski definition) is 4. The van der Waals surface area contributed by atoms with Gasteiger partial charge in [0, 0.05) is 34.5 Å². The summed E-state index contributed by atoms with van der Waals surface area (Å²) in [6.45, 7) is 0. The fraction of sp³-hybridized carbons (Fsp3) is 0.0769. The van der Waals surface area contributed by atoms with Crippen molar-refractivity contribution in [3.05, 3.63) is 96.4 Å². The normalized spacial score (nSPS) is 12.2. The van der Waals surface area contributed by atoms with Gasteiger partial charge in [0.05, 0.1) is 22.5 Å². The van der Waals surface area contributed by atoms with Gasteiger partial charge in [0.2, 0.25) is 0 Å². The molecule has 4 nitrogen and oxygen atoms in total. The molecule has 5 rings (SSSR count). The quantitative estimate of drug-likeness (QED) is 0.243. The van der Waals surface area contributed by atoms with Crippen LogP contribution in [0.1, 0.15) is 11.3 Å². The third-order valence-corrected chi connectivity index (χ3v) is 5.44. The number of fused-ring (bicyclic) bond motifs is 1. The number of alkyl halides is 6. The summed E-state index contributed by atoms with van der Waals surface area (Å²) in [5.74, 6) is 0.00757. The first-order chi connectivity index (χ1) is 17.1. The molecule has 0 atom stereocenters. The maximum atomic E-state index is 13.4. The van der Waals surface area contributed by atoms with Crippen molar-refractivity contribution in [3.63, 3.8) is 0 Å². The van der Waals surface area contributed by atoms with Crippen LogP contribution in [-0.2, 0) is 12.4 Å². The van der Waals surface area contributed by atoms with Crippen LogP contribution >= 0.6 is 0 Å². The van der Waals surface area contributed by atoms with E-state index in [4.69, 9.17) is 0 Å². The van der Waals surface area contributed by atoms with Crippen molar-refractivity contribution >= 4 is 10.9 Å². The average Bonchev–Trinajstić information content (AvgIpc) is 2.87. The first-order valence-corrected chi connectivity index (χ1v) is 10.5. The number of rotatable bonds is 3. The lowest BCUT2D eigenvalue weighted by atomic mass is 10.0. The van der Waals surface area contributed by atoms with Gasteiger partial charge in [-0.25, -0.2) is 15.0 Å². The zero-order chi connectivity index (χ0) is 25.5. The smallest absolute Gasteiger partial charge is 0.251 e. The molecule has 10 heteroatoms. The Morgan fingerprint density at radius 3 is 2.14 bits per heavy atom. The van der Waals surface area contributed by atoms with Gasteiger partial charge in [-0.15, -0.1) is 0 Å². The van der Waals surface area contributed by atoms with E-state index in [-0.39, 0.29) is 22.6 Å². The number of aromatic nitrogens is 4. The summed E-state index contributed by atoms with van der Waals surface area (Å²) in [7, 11) is 0. The van der Waals surface area contributed by atoms with Gasteiger partial charge in [-0.3, -0.25) is 4.98 Å². The van der Waals surface area contributed by atoms with Crippen LogP contribution in [0.25, 0.3) is 44.8 Å². The third kappa shape index (κ3) is 4.61. The van der Waals surface area contributed by atoms with Crippen molar-refractivity contribution in [2.75, 3.05) is 0 Å². The van der Waals surface area contributed by atoms with E-state index in [2.05, 4.69) is 19.9 Å². The zero-order valence-corrected chi connectivity index (χ0v) is 18.1. The third-order valence-electron chi connectivity index (χ3n) is 5.44. The highest BCUT2D eigenvalue weighted by atomic mass is 19.4. The predicted molar refractivity (Wildman–Crippen MR) is 121 cm³/mol. The van der Waals surface area contributed by atoms with E-state index in [1.165, 1.54) is 18.3 Å². The standard InChI is InChI=1S/C26H14F6N4/c27-25(28,29)18-6-3-5-16(12-18)23-19(21-10-8-15-4-1-2-7-20(15)35-21)14-34-24(36-23)17-9-11-22(33-13-17)26(30,31)32/h1-14H. The summed E-state index contributed by atoms with van der Waals surface area (Å²) in [6, 6.07) is 17.4. The number of pyridine rings is 2. The highest BCUT2D eigenvalue weighted by molar-refractivity contribution is 5.85. The Morgan fingerprint density at radius 1 is 0.611 bits per heavy atom. The summed E-state index contributed by atoms with van der Waals surface area (Å²) in [6.07, 6.45) is -6.83. The fourth-order valence-electron chi connectivity index (χ4n) is 3.68. The molecule has 3 aromatic heterocycles. The first kappa shape index (κ1) is 23.4. The summed E-state index contributed by atoms with van der Waals surface area (Å²) >= 11 is 0. The van der Waals surface area contributed by atoms with Crippen LogP contribution < -0.4 is 0 Å². The molecule has 0 fully saturated rings. The highest BCUT2D eigenvalue weighted by Gasteiger charge is 2.32. The van der Waals surface area contributed by atoms with Crippen LogP contribution in [0.15, 0.2) is 85.2 Å². The molecular weight excluding hydrogens is 482 g/mol. The summed E-state index contributed by atoms with van der Waals surface area (Å²) < 4.78 is 78.9. The zero-order valence-electron chi connectivity index (χ0n) is 18.1. The summed E-state index contributed by atoms with van der Waals surface area (Å²) in [5.41, 5.74) is -0.0145. The Morgan fingerprint density at radius 2 is 1.42 bits per heavy atom. The molecule has 180 valence electrons. The molecule has 0 aliphatic heterocycles. The van der Waals surface area contributed by atoms with Gasteiger partial charge in [-0.05, 0) is 36.4 Å². The van der Waals surface area contributed by atoms with E-state index >= 15 is 0 Å². The van der Waals surface area contributed by atoms with Crippen molar-refractivity contribution in [2.24, 2.45) is 0 Å². The monoisotopic (exact) mass is 496 g/mol. The molecular formula is C26H14F6N4. The van der Waals surface area contributed by atoms with Crippen LogP contribution in [0.5, 0.6) is 0 Å². The maximum absolute atomic E-state index is 13.4. The average molecular weight is 496 g/mol.